The molecular weight excluding hydrogens is 422 g/mol. The fraction of sp³-hybridized carbons (Fsp3) is 0.370. The molecule has 5 rings (SSSR count). The van der Waals surface area contributed by atoms with E-state index >= 15 is 0 Å². The fourth-order valence-electron chi connectivity index (χ4n) is 4.76. The Balaban J connectivity index is 1.36. The molecule has 1 saturated carbocycles. The van der Waals surface area contributed by atoms with E-state index in [9.17, 15) is 0 Å². The summed E-state index contributed by atoms with van der Waals surface area (Å²) in [5.74, 6) is 9.38. The molecule has 0 bridgehead atoms. The lowest BCUT2D eigenvalue weighted by molar-refractivity contribution is 0.351. The monoisotopic (exact) mass is 451 g/mol. The van der Waals surface area contributed by atoms with Crippen molar-refractivity contribution in [2.75, 3.05) is 0 Å². The van der Waals surface area contributed by atoms with E-state index in [1.807, 2.05) is 29.8 Å². The third kappa shape index (κ3) is 5.07. The molecule has 0 amide bonds. The van der Waals surface area contributed by atoms with Crippen molar-refractivity contribution < 1.29 is 0 Å². The van der Waals surface area contributed by atoms with Gasteiger partial charge in [0.1, 0.15) is 5.82 Å². The van der Waals surface area contributed by atoms with Crippen molar-refractivity contribution in [3.05, 3.63) is 65.7 Å². The van der Waals surface area contributed by atoms with Gasteiger partial charge in [0.2, 0.25) is 5.82 Å². The van der Waals surface area contributed by atoms with E-state index in [1.54, 1.807) is 0 Å². The predicted molar refractivity (Wildman–Crippen MR) is 132 cm³/mol. The molecular formula is C27H29N7. The first-order valence-corrected chi connectivity index (χ1v) is 12.0. The molecule has 2 heterocycles. The second-order valence-corrected chi connectivity index (χ2v) is 8.89. The van der Waals surface area contributed by atoms with Gasteiger partial charge in [-0.25, -0.2) is 9.67 Å². The zero-order valence-electron chi connectivity index (χ0n) is 19.5. The molecule has 0 radical (unpaired) electrons. The number of nitrogens with one attached hydrogen (secondary N) is 1. The van der Waals surface area contributed by atoms with Crippen molar-refractivity contribution in [3.8, 4) is 34.4 Å². The molecule has 1 fully saturated rings. The first-order chi connectivity index (χ1) is 16.8. The average Bonchev–Trinajstić information content (AvgIpc) is 3.54. The van der Waals surface area contributed by atoms with Crippen molar-refractivity contribution in [3.63, 3.8) is 0 Å². The van der Waals surface area contributed by atoms with E-state index in [1.165, 1.54) is 37.7 Å². The van der Waals surface area contributed by atoms with Crippen LogP contribution in [-0.2, 0) is 19.4 Å². The van der Waals surface area contributed by atoms with Crippen LogP contribution in [0.3, 0.4) is 0 Å². The van der Waals surface area contributed by atoms with Crippen LogP contribution in [0.2, 0.25) is 0 Å². The first kappa shape index (κ1) is 22.0. The number of rotatable bonds is 7. The number of aromatic nitrogens is 7. The zero-order valence-corrected chi connectivity index (χ0v) is 19.5. The molecule has 2 aromatic heterocycles. The SMILES string of the molecule is CC#CCc1nc(CC2CCCCC2)nn1Cc1ccc(-c2ccccc2-c2nn[nH]n2)cc1. The van der Waals surface area contributed by atoms with Crippen LogP contribution >= 0.6 is 0 Å². The summed E-state index contributed by atoms with van der Waals surface area (Å²) < 4.78 is 2.03. The quantitative estimate of drug-likeness (QED) is 0.406. The molecule has 1 aliphatic rings. The second kappa shape index (κ2) is 10.4. The molecule has 0 unspecified atom stereocenters. The van der Waals surface area contributed by atoms with Gasteiger partial charge in [-0.2, -0.15) is 10.3 Å². The highest BCUT2D eigenvalue weighted by molar-refractivity contribution is 5.80. The highest BCUT2D eigenvalue weighted by Crippen LogP contribution is 2.30. The summed E-state index contributed by atoms with van der Waals surface area (Å²) in [7, 11) is 0. The molecule has 0 saturated heterocycles. The maximum atomic E-state index is 4.89. The molecule has 172 valence electrons. The third-order valence-electron chi connectivity index (χ3n) is 6.52. The van der Waals surface area contributed by atoms with E-state index in [0.29, 0.717) is 24.7 Å². The lowest BCUT2D eigenvalue weighted by Gasteiger charge is -2.19. The highest BCUT2D eigenvalue weighted by atomic mass is 15.5. The fourth-order valence-corrected chi connectivity index (χ4v) is 4.76. The summed E-state index contributed by atoms with van der Waals surface area (Å²) in [6.45, 7) is 2.56. The van der Waals surface area contributed by atoms with Gasteiger partial charge in [0, 0.05) is 12.0 Å². The number of aromatic amines is 1. The molecule has 1 aliphatic carbocycles. The van der Waals surface area contributed by atoms with Crippen LogP contribution in [0, 0.1) is 17.8 Å². The average molecular weight is 452 g/mol. The maximum absolute atomic E-state index is 4.89. The van der Waals surface area contributed by atoms with Crippen LogP contribution < -0.4 is 0 Å². The molecule has 7 heteroatoms. The topological polar surface area (TPSA) is 85.2 Å². The van der Waals surface area contributed by atoms with E-state index in [0.717, 1.165) is 34.8 Å². The summed E-state index contributed by atoms with van der Waals surface area (Å²) >= 11 is 0. The molecule has 7 nitrogen and oxygen atoms in total. The van der Waals surface area contributed by atoms with E-state index in [2.05, 4.69) is 62.8 Å². The van der Waals surface area contributed by atoms with Gasteiger partial charge in [0.25, 0.3) is 0 Å². The Hall–Kier alpha value is -3.79. The number of hydrogen-bond acceptors (Lipinski definition) is 5. The molecule has 2 aromatic carbocycles. The molecule has 4 aromatic rings. The normalized spacial score (nSPS) is 14.0. The molecule has 0 aliphatic heterocycles. The van der Waals surface area contributed by atoms with Gasteiger partial charge in [0.15, 0.2) is 5.82 Å². The third-order valence-corrected chi connectivity index (χ3v) is 6.52. The van der Waals surface area contributed by atoms with Crippen LogP contribution in [0.15, 0.2) is 48.5 Å². The summed E-state index contributed by atoms with van der Waals surface area (Å²) in [6, 6.07) is 16.7. The number of nitrogens with zero attached hydrogens (tertiary/aromatic N) is 6. The van der Waals surface area contributed by atoms with Gasteiger partial charge in [-0.05, 0) is 34.7 Å². The van der Waals surface area contributed by atoms with Gasteiger partial charge >= 0.3 is 0 Å². The number of hydrogen-bond donors (Lipinski definition) is 1. The molecule has 0 spiro atoms. The lowest BCUT2D eigenvalue weighted by atomic mass is 9.87. The van der Waals surface area contributed by atoms with E-state index < -0.39 is 0 Å². The van der Waals surface area contributed by atoms with Gasteiger partial charge in [-0.1, -0.05) is 86.6 Å². The van der Waals surface area contributed by atoms with Gasteiger partial charge in [-0.3, -0.25) is 0 Å². The van der Waals surface area contributed by atoms with Crippen LogP contribution in [0.5, 0.6) is 0 Å². The largest absolute Gasteiger partial charge is 0.244 e. The van der Waals surface area contributed by atoms with E-state index in [4.69, 9.17) is 10.1 Å². The Morgan fingerprint density at radius 1 is 1.00 bits per heavy atom. The minimum atomic E-state index is 0.592. The van der Waals surface area contributed by atoms with Gasteiger partial charge in [-0.15, -0.1) is 16.1 Å². The first-order valence-electron chi connectivity index (χ1n) is 12.0. The predicted octanol–water partition coefficient (Wildman–Crippen LogP) is 4.86. The van der Waals surface area contributed by atoms with Crippen LogP contribution in [0.1, 0.15) is 56.2 Å². The van der Waals surface area contributed by atoms with Crippen molar-refractivity contribution in [1.29, 1.82) is 0 Å². The van der Waals surface area contributed by atoms with Crippen LogP contribution in [-0.4, -0.2) is 35.4 Å². The molecule has 0 atom stereocenters. The van der Waals surface area contributed by atoms with Crippen molar-refractivity contribution in [2.45, 2.75) is 58.4 Å². The van der Waals surface area contributed by atoms with Crippen molar-refractivity contribution >= 4 is 0 Å². The maximum Gasteiger partial charge on any atom is 0.205 e. The minimum absolute atomic E-state index is 0.592. The summed E-state index contributed by atoms with van der Waals surface area (Å²) in [4.78, 5) is 4.87. The standard InChI is InChI=1S/C27H29N7/c1-2-3-13-26-28-25(18-20-9-5-4-6-10-20)31-34(26)19-21-14-16-22(17-15-21)23-11-7-8-12-24(23)27-29-32-33-30-27/h7-8,11-12,14-17,20H,4-6,9-10,13,18-19H2,1H3,(H,29,30,32,33). The zero-order chi connectivity index (χ0) is 23.2. The number of tetrazole rings is 1. The highest BCUT2D eigenvalue weighted by Gasteiger charge is 2.18. The number of benzene rings is 2. The Bertz CT molecular complexity index is 1270. The van der Waals surface area contributed by atoms with Crippen LogP contribution in [0.4, 0.5) is 0 Å². The molecule has 34 heavy (non-hydrogen) atoms. The summed E-state index contributed by atoms with van der Waals surface area (Å²) in [5, 5.41) is 19.4. The smallest absolute Gasteiger partial charge is 0.205 e. The minimum Gasteiger partial charge on any atom is -0.244 e. The Morgan fingerprint density at radius 2 is 1.79 bits per heavy atom. The lowest BCUT2D eigenvalue weighted by Crippen LogP contribution is -2.11. The molecule has 1 N–H and O–H groups in total. The van der Waals surface area contributed by atoms with E-state index in [-0.39, 0.29) is 0 Å². The van der Waals surface area contributed by atoms with Crippen LogP contribution in [0.25, 0.3) is 22.5 Å². The Labute approximate surface area is 200 Å². The van der Waals surface area contributed by atoms with Crippen molar-refractivity contribution in [1.82, 2.24) is 35.4 Å². The second-order valence-electron chi connectivity index (χ2n) is 8.89. The summed E-state index contributed by atoms with van der Waals surface area (Å²) in [5.41, 5.74) is 4.32. The Morgan fingerprint density at radius 3 is 2.53 bits per heavy atom. The number of H-pyrrole nitrogens is 1. The van der Waals surface area contributed by atoms with Gasteiger partial charge < -0.3 is 0 Å². The van der Waals surface area contributed by atoms with Gasteiger partial charge in [0.05, 0.1) is 13.0 Å². The van der Waals surface area contributed by atoms with Crippen molar-refractivity contribution in [2.24, 2.45) is 5.92 Å². The Kier molecular flexibility index (Phi) is 6.76. The summed E-state index contributed by atoms with van der Waals surface area (Å²) in [6.07, 6.45) is 8.24.